The van der Waals surface area contributed by atoms with Crippen LogP contribution in [0.2, 0.25) is 5.02 Å². The minimum atomic E-state index is -4.63. The first-order chi connectivity index (χ1) is 40.3. The van der Waals surface area contributed by atoms with Crippen molar-refractivity contribution in [2.75, 3.05) is 61.9 Å². The lowest BCUT2D eigenvalue weighted by Gasteiger charge is -2.34. The van der Waals surface area contributed by atoms with E-state index in [1.165, 1.54) is 85.0 Å². The Labute approximate surface area is 514 Å². The minimum Gasteiger partial charge on any atom is -0.343 e. The Morgan fingerprint density at radius 2 is 1.13 bits per heavy atom. The summed E-state index contributed by atoms with van der Waals surface area (Å²) < 4.78 is 40.6. The lowest BCUT2D eigenvalue weighted by atomic mass is 9.97. The molecule has 2 aromatic rings. The summed E-state index contributed by atoms with van der Waals surface area (Å²) in [5.74, 6) is -8.75. The van der Waals surface area contributed by atoms with Gasteiger partial charge in [0, 0.05) is 66.2 Å². The van der Waals surface area contributed by atoms with Crippen LogP contribution in [-0.4, -0.2) is 204 Å². The van der Waals surface area contributed by atoms with Crippen LogP contribution in [0.15, 0.2) is 48.5 Å². The SMILES string of the molecule is CCC(C)[C@@H]1NC(=O)[C@H](C)N(C)C(=O)C[C@@H](C)N(C)C(=O)[C@H](CC(C)C)NC(=O)C(C)(C)NC(=O)[C@H](CC(C)C)NC(=O)[C@H](CCc2ccc(C(F)(F)F)cc2)NC(=O)CN(C)C(=O)[C@H](Cc2ccc(Cl)cc2)N(C)C(=O)CN(C)C(=O)CN(C)C1=O. The molecule has 3 rings (SSSR count). The molecule has 0 saturated carbocycles. The Kier molecular flexibility index (Phi) is 27.7. The van der Waals surface area contributed by atoms with Crippen LogP contribution in [0.5, 0.6) is 0 Å². The van der Waals surface area contributed by atoms with Crippen molar-refractivity contribution in [1.82, 2.24) is 56.0 Å². The van der Waals surface area contributed by atoms with Gasteiger partial charge in [0.05, 0.1) is 25.2 Å². The van der Waals surface area contributed by atoms with Crippen LogP contribution in [0.3, 0.4) is 0 Å². The molecule has 1 fully saturated rings. The van der Waals surface area contributed by atoms with Gasteiger partial charge in [-0.3, -0.25) is 52.7 Å². The van der Waals surface area contributed by atoms with Gasteiger partial charge in [-0.2, -0.15) is 13.2 Å². The molecule has 0 aliphatic carbocycles. The van der Waals surface area contributed by atoms with Crippen molar-refractivity contribution in [1.29, 1.82) is 0 Å². The molecule has 22 nitrogen and oxygen atoms in total. The molecule has 1 aliphatic heterocycles. The van der Waals surface area contributed by atoms with E-state index < -0.39 is 150 Å². The zero-order valence-corrected chi connectivity index (χ0v) is 53.9. The normalized spacial score (nSPS) is 24.0. The zero-order chi connectivity index (χ0) is 66.2. The van der Waals surface area contributed by atoms with Crippen LogP contribution >= 0.6 is 11.6 Å². The average Bonchev–Trinajstić information content (AvgIpc) is 3.66. The van der Waals surface area contributed by atoms with Crippen LogP contribution in [-0.2, 0) is 71.8 Å². The third-order valence-corrected chi connectivity index (χ3v) is 16.0. The van der Waals surface area contributed by atoms with E-state index in [-0.39, 0.29) is 50.4 Å². The molecule has 484 valence electrons. The van der Waals surface area contributed by atoms with Gasteiger partial charge in [0.1, 0.15) is 41.8 Å². The summed E-state index contributed by atoms with van der Waals surface area (Å²) in [6.45, 7) is 14.8. The molecule has 0 aromatic heterocycles. The van der Waals surface area contributed by atoms with Crippen molar-refractivity contribution in [2.45, 2.75) is 168 Å². The number of nitrogens with zero attached hydrogens (tertiary/aromatic N) is 6. The van der Waals surface area contributed by atoms with Gasteiger partial charge >= 0.3 is 6.18 Å². The van der Waals surface area contributed by atoms with Crippen molar-refractivity contribution < 1.29 is 65.9 Å². The highest BCUT2D eigenvalue weighted by Gasteiger charge is 2.40. The first-order valence-corrected chi connectivity index (χ1v) is 29.6. The number of carbonyl (C=O) groups excluding carboxylic acids is 11. The monoisotopic (exact) mass is 1250 g/mol. The Morgan fingerprint density at radius 1 is 0.586 bits per heavy atom. The second-order valence-electron chi connectivity index (χ2n) is 24.4. The molecule has 1 aliphatic rings. The number of nitrogens with one attached hydrogen (secondary N) is 5. The van der Waals surface area contributed by atoms with E-state index in [1.54, 1.807) is 58.9 Å². The fraction of sp³-hybridized carbons (Fsp3) is 0.623. The van der Waals surface area contributed by atoms with E-state index in [2.05, 4.69) is 26.6 Å². The molecule has 87 heavy (non-hydrogen) atoms. The molecule has 0 radical (unpaired) electrons. The number of hydrogen-bond acceptors (Lipinski definition) is 11. The number of aryl methyl sites for hydroxylation is 1. The maximum atomic E-state index is 14.6. The maximum absolute atomic E-state index is 14.6. The zero-order valence-electron chi connectivity index (χ0n) is 53.1. The summed E-state index contributed by atoms with van der Waals surface area (Å²) in [5.41, 5.74) is -1.72. The number of carbonyl (C=O) groups is 11. The Bertz CT molecular complexity index is 2770. The van der Waals surface area contributed by atoms with Crippen molar-refractivity contribution >= 4 is 76.6 Å². The molecular formula is C61H91ClF3N11O11. The Hall–Kier alpha value is -7.31. The van der Waals surface area contributed by atoms with Crippen molar-refractivity contribution in [3.05, 3.63) is 70.2 Å². The van der Waals surface area contributed by atoms with Crippen molar-refractivity contribution in [2.24, 2.45) is 17.8 Å². The summed E-state index contributed by atoms with van der Waals surface area (Å²) in [7, 11) is 8.18. The number of amides is 11. The lowest BCUT2D eigenvalue weighted by molar-refractivity contribution is -0.148. The predicted octanol–water partition coefficient (Wildman–Crippen LogP) is 3.81. The summed E-state index contributed by atoms with van der Waals surface area (Å²) in [5, 5.41) is 13.9. The van der Waals surface area contributed by atoms with Crippen LogP contribution in [0.4, 0.5) is 13.2 Å². The van der Waals surface area contributed by atoms with Gasteiger partial charge in [0.15, 0.2) is 0 Å². The lowest BCUT2D eigenvalue weighted by Crippen LogP contribution is -2.63. The average molecular weight is 1250 g/mol. The van der Waals surface area contributed by atoms with Gasteiger partial charge in [-0.15, -0.1) is 0 Å². The highest BCUT2D eigenvalue weighted by Crippen LogP contribution is 2.29. The van der Waals surface area contributed by atoms with E-state index in [0.29, 0.717) is 22.6 Å². The van der Waals surface area contributed by atoms with Gasteiger partial charge < -0.3 is 56.0 Å². The number of alkyl halides is 3. The fourth-order valence-electron chi connectivity index (χ4n) is 9.48. The van der Waals surface area contributed by atoms with E-state index >= 15 is 0 Å². The van der Waals surface area contributed by atoms with E-state index in [9.17, 15) is 65.9 Å². The number of rotatable bonds is 11. The van der Waals surface area contributed by atoms with Gasteiger partial charge in [0.2, 0.25) is 65.0 Å². The minimum absolute atomic E-state index is 0.0150. The molecule has 11 amide bonds. The molecule has 2 aromatic carbocycles. The second kappa shape index (κ2) is 32.6. The molecule has 8 atom stereocenters. The molecule has 1 unspecified atom stereocenters. The highest BCUT2D eigenvalue weighted by atomic mass is 35.5. The largest absolute Gasteiger partial charge is 0.416 e. The maximum Gasteiger partial charge on any atom is 0.416 e. The number of halogens is 4. The van der Waals surface area contributed by atoms with Gasteiger partial charge in [0.25, 0.3) is 0 Å². The van der Waals surface area contributed by atoms with Gasteiger partial charge in [-0.05, 0) is 107 Å². The number of likely N-dealkylation sites (N-methyl/N-ethyl adjacent to an activating group) is 6. The number of benzene rings is 2. The number of hydrogen-bond donors (Lipinski definition) is 5. The third-order valence-electron chi connectivity index (χ3n) is 15.7. The fourth-order valence-corrected chi connectivity index (χ4v) is 9.61. The van der Waals surface area contributed by atoms with Crippen molar-refractivity contribution in [3.8, 4) is 0 Å². The molecule has 0 spiro atoms. The van der Waals surface area contributed by atoms with E-state index in [1.807, 2.05) is 13.8 Å². The van der Waals surface area contributed by atoms with Crippen molar-refractivity contribution in [3.63, 3.8) is 0 Å². The second-order valence-corrected chi connectivity index (χ2v) is 24.8. The van der Waals surface area contributed by atoms with E-state index in [4.69, 9.17) is 11.6 Å². The quantitative estimate of drug-likeness (QED) is 0.216. The van der Waals surface area contributed by atoms with Gasteiger partial charge in [-0.25, -0.2) is 0 Å². The molecule has 1 heterocycles. The summed E-state index contributed by atoms with van der Waals surface area (Å²) in [4.78, 5) is 163. The summed E-state index contributed by atoms with van der Waals surface area (Å²) in [6.07, 6.45) is -4.68. The molecular weight excluding hydrogens is 1160 g/mol. The first kappa shape index (κ1) is 73.9. The van der Waals surface area contributed by atoms with Crippen LogP contribution in [0.25, 0.3) is 0 Å². The van der Waals surface area contributed by atoms with Gasteiger partial charge in [-0.1, -0.05) is 83.8 Å². The van der Waals surface area contributed by atoms with Crippen LogP contribution < -0.4 is 26.6 Å². The highest BCUT2D eigenvalue weighted by molar-refractivity contribution is 6.30. The molecule has 1 saturated heterocycles. The molecule has 0 bridgehead atoms. The topological polar surface area (TPSA) is 267 Å². The Morgan fingerprint density at radius 3 is 1.68 bits per heavy atom. The van der Waals surface area contributed by atoms with E-state index in [0.717, 1.165) is 31.7 Å². The smallest absolute Gasteiger partial charge is 0.343 e. The first-order valence-electron chi connectivity index (χ1n) is 29.2. The summed E-state index contributed by atoms with van der Waals surface area (Å²) in [6, 6.07) is 2.30. The van der Waals surface area contributed by atoms with Crippen LogP contribution in [0.1, 0.15) is 118 Å². The van der Waals surface area contributed by atoms with Crippen LogP contribution in [0, 0.1) is 17.8 Å². The molecule has 26 heteroatoms. The Balaban J connectivity index is 2.16. The predicted molar refractivity (Wildman–Crippen MR) is 322 cm³/mol. The molecule has 5 N–H and O–H groups in total. The standard InChI is InChI=1S/C61H91ClF3N11O11/c1-17-37(6)52-58(86)73(13)33-50(79)71(11)34-51(80)76(16)47(31-41-20-25-43(62)26-21-41)57(85)72(12)32-48(77)66-44(27-22-40-18-23-42(24-19-40)61(63,64)65)54(82)67-45(28-35(2)3)55(83)70-60(9,10)59(87)68-46(29-36(4)5)56(84)74(14)38(7)30-49(78)75(15)39(8)53(81)69-52/h18-21,23-26,35-39,44-47,52H,17,22,27-34H2,1-16H3,(H,66,77)(H,67,82)(H,68,87)(H,69,81)(H,70,83)/t37?,38-,39+,44+,45+,46+,47+,52+/m1/s1. The third kappa shape index (κ3) is 22.1. The summed E-state index contributed by atoms with van der Waals surface area (Å²) >= 11 is 6.17.